The average molecular weight is 388 g/mol. The molecule has 0 aliphatic heterocycles. The van der Waals surface area contributed by atoms with Gasteiger partial charge in [0.2, 0.25) is 11.8 Å². The van der Waals surface area contributed by atoms with Crippen LogP contribution in [0.3, 0.4) is 0 Å². The van der Waals surface area contributed by atoms with Crippen LogP contribution in [0.15, 0.2) is 42.5 Å². The van der Waals surface area contributed by atoms with Crippen molar-refractivity contribution < 1.29 is 9.59 Å². The minimum atomic E-state index is -0.452. The van der Waals surface area contributed by atoms with Gasteiger partial charge in [-0.1, -0.05) is 41.9 Å². The second kappa shape index (κ2) is 9.53. The monoisotopic (exact) mass is 387 g/mol. The molecule has 144 valence electrons. The molecule has 0 saturated carbocycles. The molecule has 0 radical (unpaired) electrons. The number of carbonyl (C=O) groups is 2. The van der Waals surface area contributed by atoms with Gasteiger partial charge in [0.05, 0.1) is 12.6 Å². The number of anilines is 1. The molecule has 3 N–H and O–H groups in total. The van der Waals surface area contributed by atoms with Crippen LogP contribution in [0, 0.1) is 13.8 Å². The van der Waals surface area contributed by atoms with E-state index in [1.807, 2.05) is 63.2 Å². The summed E-state index contributed by atoms with van der Waals surface area (Å²) in [6.45, 7) is 7.52. The maximum absolute atomic E-state index is 12.3. The summed E-state index contributed by atoms with van der Waals surface area (Å²) in [5.41, 5.74) is 3.76. The van der Waals surface area contributed by atoms with Crippen molar-refractivity contribution >= 4 is 29.1 Å². The summed E-state index contributed by atoms with van der Waals surface area (Å²) in [5, 5.41) is 9.39. The van der Waals surface area contributed by atoms with Crippen LogP contribution in [0.2, 0.25) is 5.02 Å². The van der Waals surface area contributed by atoms with Gasteiger partial charge in [0.15, 0.2) is 0 Å². The maximum Gasteiger partial charge on any atom is 0.243 e. The third-order valence-corrected chi connectivity index (χ3v) is 4.65. The average Bonchev–Trinajstić information content (AvgIpc) is 2.62. The quantitative estimate of drug-likeness (QED) is 0.677. The van der Waals surface area contributed by atoms with Crippen LogP contribution in [-0.2, 0) is 9.59 Å². The largest absolute Gasteiger partial charge is 0.346 e. The number of hydrogen-bond acceptors (Lipinski definition) is 3. The maximum atomic E-state index is 12.3. The van der Waals surface area contributed by atoms with Crippen LogP contribution < -0.4 is 16.0 Å². The molecule has 0 aromatic heterocycles. The van der Waals surface area contributed by atoms with Gasteiger partial charge in [0, 0.05) is 16.8 Å². The summed E-state index contributed by atoms with van der Waals surface area (Å²) in [6.07, 6.45) is 0. The van der Waals surface area contributed by atoms with Crippen molar-refractivity contribution in [2.24, 2.45) is 0 Å². The van der Waals surface area contributed by atoms with Gasteiger partial charge >= 0.3 is 0 Å². The Bertz CT molecular complexity index is 803. The normalized spacial score (nSPS) is 12.9. The number of carbonyl (C=O) groups excluding carboxylic acids is 2. The van der Waals surface area contributed by atoms with Crippen molar-refractivity contribution in [2.45, 2.75) is 39.8 Å². The molecule has 0 aliphatic carbocycles. The van der Waals surface area contributed by atoms with E-state index in [-0.39, 0.29) is 24.4 Å². The van der Waals surface area contributed by atoms with Crippen molar-refractivity contribution in [3.63, 3.8) is 0 Å². The van der Waals surface area contributed by atoms with Gasteiger partial charge in [-0.3, -0.25) is 14.9 Å². The molecule has 6 heteroatoms. The van der Waals surface area contributed by atoms with Crippen molar-refractivity contribution in [3.8, 4) is 0 Å². The molecule has 0 unspecified atom stereocenters. The van der Waals surface area contributed by atoms with Crippen molar-refractivity contribution in [3.05, 3.63) is 64.2 Å². The Labute approximate surface area is 165 Å². The van der Waals surface area contributed by atoms with Crippen LogP contribution in [0.5, 0.6) is 0 Å². The van der Waals surface area contributed by atoms with Gasteiger partial charge in [-0.05, 0) is 56.5 Å². The number of rotatable bonds is 7. The highest BCUT2D eigenvalue weighted by atomic mass is 35.5. The molecule has 27 heavy (non-hydrogen) atoms. The van der Waals surface area contributed by atoms with E-state index in [0.29, 0.717) is 5.02 Å². The lowest BCUT2D eigenvalue weighted by Crippen LogP contribution is -2.45. The molecular weight excluding hydrogens is 362 g/mol. The minimum absolute atomic E-state index is 0.0482. The molecule has 2 amide bonds. The number of amides is 2. The fraction of sp³-hybridized carbons (Fsp3) is 0.333. The van der Waals surface area contributed by atoms with Gasteiger partial charge in [0.1, 0.15) is 0 Å². The molecule has 5 nitrogen and oxygen atoms in total. The topological polar surface area (TPSA) is 70.2 Å². The molecule has 0 spiro atoms. The van der Waals surface area contributed by atoms with E-state index >= 15 is 0 Å². The van der Waals surface area contributed by atoms with E-state index in [4.69, 9.17) is 11.6 Å². The first kappa shape index (κ1) is 20.9. The second-order valence-electron chi connectivity index (χ2n) is 6.70. The third kappa shape index (κ3) is 6.08. The predicted octanol–water partition coefficient (Wildman–Crippen LogP) is 3.75. The summed E-state index contributed by atoms with van der Waals surface area (Å²) >= 11 is 6.01. The van der Waals surface area contributed by atoms with E-state index in [9.17, 15) is 9.59 Å². The lowest BCUT2D eigenvalue weighted by molar-refractivity contribution is -0.125. The molecule has 2 rings (SSSR count). The summed E-state index contributed by atoms with van der Waals surface area (Å²) in [6, 6.07) is 12.8. The van der Waals surface area contributed by atoms with Gasteiger partial charge in [-0.15, -0.1) is 0 Å². The number of aryl methyl sites for hydroxylation is 2. The zero-order valence-corrected chi connectivity index (χ0v) is 16.9. The van der Waals surface area contributed by atoms with Crippen molar-refractivity contribution in [1.29, 1.82) is 0 Å². The van der Waals surface area contributed by atoms with Crippen LogP contribution in [0.1, 0.15) is 36.6 Å². The minimum Gasteiger partial charge on any atom is -0.346 e. The summed E-state index contributed by atoms with van der Waals surface area (Å²) in [5.74, 6) is -0.489. The van der Waals surface area contributed by atoms with Gasteiger partial charge < -0.3 is 10.6 Å². The molecule has 0 heterocycles. The second-order valence-corrected chi connectivity index (χ2v) is 7.13. The summed E-state index contributed by atoms with van der Waals surface area (Å²) in [4.78, 5) is 24.5. The van der Waals surface area contributed by atoms with Gasteiger partial charge in [0.25, 0.3) is 0 Å². The lowest BCUT2D eigenvalue weighted by atomic mass is 10.1. The first-order valence-corrected chi connectivity index (χ1v) is 9.31. The SMILES string of the molecule is Cc1cccc(C)c1NC(=O)CNC(=O)[C@@H](C)N[C@H](C)c1cccc(Cl)c1. The fourth-order valence-corrected chi connectivity index (χ4v) is 3.04. The van der Waals surface area contributed by atoms with Crippen LogP contribution in [0.4, 0.5) is 5.69 Å². The van der Waals surface area contributed by atoms with Crippen LogP contribution in [-0.4, -0.2) is 24.4 Å². The molecule has 2 atom stereocenters. The van der Waals surface area contributed by atoms with Gasteiger partial charge in [-0.25, -0.2) is 0 Å². The fourth-order valence-electron chi connectivity index (χ4n) is 2.84. The number of hydrogen-bond donors (Lipinski definition) is 3. The Hall–Kier alpha value is -2.37. The van der Waals surface area contributed by atoms with Crippen LogP contribution in [0.25, 0.3) is 0 Å². The molecule has 2 aromatic rings. The molecule has 0 saturated heterocycles. The number of benzene rings is 2. The molecule has 0 fully saturated rings. The molecule has 2 aromatic carbocycles. The Balaban J connectivity index is 1.84. The van der Waals surface area contributed by atoms with E-state index in [1.165, 1.54) is 0 Å². The van der Waals surface area contributed by atoms with Crippen molar-refractivity contribution in [2.75, 3.05) is 11.9 Å². The molecular formula is C21H26ClN3O2. The number of halogens is 1. The van der Waals surface area contributed by atoms with E-state index < -0.39 is 6.04 Å². The molecule has 0 bridgehead atoms. The van der Waals surface area contributed by atoms with Crippen LogP contribution >= 0.6 is 11.6 Å². The number of para-hydroxylation sites is 1. The highest BCUT2D eigenvalue weighted by Gasteiger charge is 2.17. The summed E-state index contributed by atoms with van der Waals surface area (Å²) in [7, 11) is 0. The zero-order valence-electron chi connectivity index (χ0n) is 16.1. The zero-order chi connectivity index (χ0) is 20.0. The predicted molar refractivity (Wildman–Crippen MR) is 110 cm³/mol. The third-order valence-electron chi connectivity index (χ3n) is 4.41. The van der Waals surface area contributed by atoms with E-state index in [2.05, 4.69) is 16.0 Å². The Morgan fingerprint density at radius 2 is 1.67 bits per heavy atom. The lowest BCUT2D eigenvalue weighted by Gasteiger charge is -2.20. The number of nitrogens with one attached hydrogen (secondary N) is 3. The standard InChI is InChI=1S/C21H26ClN3O2/c1-13-7-5-8-14(2)20(13)25-19(26)12-23-21(27)16(4)24-15(3)17-9-6-10-18(22)11-17/h5-11,15-16,24H,12H2,1-4H3,(H,23,27)(H,25,26)/t15-,16-/m1/s1. The van der Waals surface area contributed by atoms with Gasteiger partial charge in [-0.2, -0.15) is 0 Å². The summed E-state index contributed by atoms with van der Waals surface area (Å²) < 4.78 is 0. The van der Waals surface area contributed by atoms with E-state index in [1.54, 1.807) is 6.92 Å². The highest BCUT2D eigenvalue weighted by Crippen LogP contribution is 2.19. The Kier molecular flexibility index (Phi) is 7.39. The van der Waals surface area contributed by atoms with E-state index in [0.717, 1.165) is 22.4 Å². The first-order valence-electron chi connectivity index (χ1n) is 8.93. The molecule has 0 aliphatic rings. The Morgan fingerprint density at radius 3 is 2.30 bits per heavy atom. The van der Waals surface area contributed by atoms with Crippen molar-refractivity contribution in [1.82, 2.24) is 10.6 Å². The first-order chi connectivity index (χ1) is 12.8. The Morgan fingerprint density at radius 1 is 1.04 bits per heavy atom. The smallest absolute Gasteiger partial charge is 0.243 e. The highest BCUT2D eigenvalue weighted by molar-refractivity contribution is 6.30.